The van der Waals surface area contributed by atoms with Crippen molar-refractivity contribution in [1.29, 1.82) is 0 Å². The monoisotopic (exact) mass is 257 g/mol. The third-order valence-corrected chi connectivity index (χ3v) is 2.12. The van der Waals surface area contributed by atoms with E-state index < -0.39 is 0 Å². The second-order valence-corrected chi connectivity index (χ2v) is 3.68. The molecule has 1 aromatic heterocycles. The zero-order valence-electron chi connectivity index (χ0n) is 8.20. The van der Waals surface area contributed by atoms with Gasteiger partial charge in [0.05, 0.1) is 12.4 Å². The number of hydrogen-bond donors (Lipinski definition) is 0. The third-order valence-electron chi connectivity index (χ3n) is 1.71. The van der Waals surface area contributed by atoms with Gasteiger partial charge in [-0.2, -0.15) is 0 Å². The van der Waals surface area contributed by atoms with Crippen LogP contribution in [0.25, 0.3) is 0 Å². The van der Waals surface area contributed by atoms with E-state index in [0.29, 0.717) is 17.0 Å². The summed E-state index contributed by atoms with van der Waals surface area (Å²) in [6.07, 6.45) is 4.07. The molecule has 1 rings (SSSR count). The molecule has 0 saturated carbocycles. The maximum absolute atomic E-state index is 11.3. The van der Waals surface area contributed by atoms with Gasteiger partial charge in [-0.15, -0.1) is 0 Å². The molecule has 0 saturated heterocycles. The molecule has 0 aliphatic heterocycles. The highest BCUT2D eigenvalue weighted by Gasteiger charge is 2.11. The topological polar surface area (TPSA) is 46.1 Å². The number of nitrogens with zero attached hydrogens (tertiary/aromatic N) is 3. The van der Waals surface area contributed by atoms with Crippen LogP contribution in [0.1, 0.15) is 20.3 Å². The summed E-state index contributed by atoms with van der Waals surface area (Å²) >= 11 is 3.19. The first-order valence-electron chi connectivity index (χ1n) is 4.40. The quantitative estimate of drug-likeness (QED) is 0.833. The molecular weight excluding hydrogens is 246 g/mol. The Morgan fingerprint density at radius 2 is 2.21 bits per heavy atom. The van der Waals surface area contributed by atoms with E-state index >= 15 is 0 Å². The van der Waals surface area contributed by atoms with Gasteiger partial charge in [0.2, 0.25) is 5.91 Å². The van der Waals surface area contributed by atoms with Crippen LogP contribution >= 0.6 is 15.9 Å². The number of carbonyl (C=O) groups is 1. The van der Waals surface area contributed by atoms with Crippen LogP contribution in [-0.4, -0.2) is 22.4 Å². The zero-order valence-corrected chi connectivity index (χ0v) is 9.78. The number of rotatable bonds is 3. The summed E-state index contributed by atoms with van der Waals surface area (Å²) in [5.74, 6) is 0.589. The lowest BCUT2D eigenvalue weighted by atomic mass is 10.4. The van der Waals surface area contributed by atoms with Crippen molar-refractivity contribution in [2.45, 2.75) is 20.3 Å². The van der Waals surface area contributed by atoms with Crippen LogP contribution in [0.15, 0.2) is 17.0 Å². The van der Waals surface area contributed by atoms with Crippen molar-refractivity contribution in [3.63, 3.8) is 0 Å². The Kier molecular flexibility index (Phi) is 4.00. The van der Waals surface area contributed by atoms with Gasteiger partial charge in [0.1, 0.15) is 4.60 Å². The number of amides is 1. The number of hydrogen-bond acceptors (Lipinski definition) is 3. The molecule has 0 aliphatic carbocycles. The predicted molar refractivity (Wildman–Crippen MR) is 58.1 cm³/mol. The van der Waals surface area contributed by atoms with E-state index in [9.17, 15) is 4.79 Å². The third kappa shape index (κ3) is 2.77. The highest BCUT2D eigenvalue weighted by Crippen LogP contribution is 2.12. The van der Waals surface area contributed by atoms with Gasteiger partial charge in [-0.25, -0.2) is 9.97 Å². The van der Waals surface area contributed by atoms with E-state index in [4.69, 9.17) is 0 Å². The summed E-state index contributed by atoms with van der Waals surface area (Å²) in [6.45, 7) is 4.22. The molecule has 0 fully saturated rings. The van der Waals surface area contributed by atoms with Crippen LogP contribution in [-0.2, 0) is 4.79 Å². The highest BCUT2D eigenvalue weighted by molar-refractivity contribution is 9.10. The first kappa shape index (κ1) is 11.1. The van der Waals surface area contributed by atoms with Gasteiger partial charge >= 0.3 is 0 Å². The van der Waals surface area contributed by atoms with Crippen LogP contribution in [0.4, 0.5) is 5.82 Å². The van der Waals surface area contributed by atoms with Crippen molar-refractivity contribution >= 4 is 27.7 Å². The minimum Gasteiger partial charge on any atom is -0.296 e. The Balaban J connectivity index is 2.87. The van der Waals surface area contributed by atoms with Gasteiger partial charge in [0, 0.05) is 13.5 Å². The number of halogens is 1. The molecule has 0 aliphatic rings. The van der Waals surface area contributed by atoms with Gasteiger partial charge in [0.15, 0.2) is 5.82 Å². The summed E-state index contributed by atoms with van der Waals surface area (Å²) in [7, 11) is 0. The van der Waals surface area contributed by atoms with Crippen LogP contribution in [0, 0.1) is 0 Å². The smallest absolute Gasteiger partial charge is 0.225 e. The molecule has 1 heterocycles. The summed E-state index contributed by atoms with van der Waals surface area (Å²) < 4.78 is 0.668. The molecule has 0 aromatic carbocycles. The first-order valence-corrected chi connectivity index (χ1v) is 5.20. The molecule has 1 aromatic rings. The standard InChI is InChI=1S/C9H12BrN3O/c1-3-4-13(7(2)14)9-6-11-8(10)5-12-9/h5-6H,3-4H2,1-2H3. The minimum absolute atomic E-state index is 0.0107. The Labute approximate surface area is 91.5 Å². The van der Waals surface area contributed by atoms with Gasteiger partial charge in [-0.05, 0) is 22.4 Å². The number of anilines is 1. The van der Waals surface area contributed by atoms with Crippen molar-refractivity contribution in [3.8, 4) is 0 Å². The van der Waals surface area contributed by atoms with Gasteiger partial charge in [-0.1, -0.05) is 6.92 Å². The van der Waals surface area contributed by atoms with Gasteiger partial charge in [-0.3, -0.25) is 9.69 Å². The second kappa shape index (κ2) is 5.05. The lowest BCUT2D eigenvalue weighted by molar-refractivity contribution is -0.116. The molecule has 76 valence electrons. The van der Waals surface area contributed by atoms with Gasteiger partial charge in [0.25, 0.3) is 0 Å². The lowest BCUT2D eigenvalue weighted by Gasteiger charge is -2.18. The molecule has 0 atom stereocenters. The van der Waals surface area contributed by atoms with Crippen molar-refractivity contribution in [2.75, 3.05) is 11.4 Å². The lowest BCUT2D eigenvalue weighted by Crippen LogP contribution is -2.30. The van der Waals surface area contributed by atoms with Crippen LogP contribution in [0.3, 0.4) is 0 Å². The van der Waals surface area contributed by atoms with E-state index in [0.717, 1.165) is 6.42 Å². The summed E-state index contributed by atoms with van der Waals surface area (Å²) in [6, 6.07) is 0. The molecule has 0 spiro atoms. The number of aromatic nitrogens is 2. The van der Waals surface area contributed by atoms with Crippen molar-refractivity contribution in [1.82, 2.24) is 9.97 Å². The molecule has 4 nitrogen and oxygen atoms in total. The SMILES string of the molecule is CCCN(C(C)=O)c1cnc(Br)cn1. The van der Waals surface area contributed by atoms with E-state index in [1.807, 2.05) is 6.92 Å². The first-order chi connectivity index (χ1) is 6.65. The summed E-state index contributed by atoms with van der Waals surface area (Å²) in [5.41, 5.74) is 0. The van der Waals surface area contributed by atoms with Crippen LogP contribution < -0.4 is 4.90 Å². The Hall–Kier alpha value is -0.970. The molecule has 1 amide bonds. The second-order valence-electron chi connectivity index (χ2n) is 2.87. The average Bonchev–Trinajstić information content (AvgIpc) is 2.15. The molecule has 0 unspecified atom stereocenters. The predicted octanol–water partition coefficient (Wildman–Crippen LogP) is 2.00. The van der Waals surface area contributed by atoms with Crippen LogP contribution in [0.5, 0.6) is 0 Å². The van der Waals surface area contributed by atoms with E-state index in [-0.39, 0.29) is 5.91 Å². The van der Waals surface area contributed by atoms with Crippen LogP contribution in [0.2, 0.25) is 0 Å². The van der Waals surface area contributed by atoms with E-state index in [1.165, 1.54) is 6.92 Å². The van der Waals surface area contributed by atoms with Crippen molar-refractivity contribution < 1.29 is 4.79 Å². The molecular formula is C9H12BrN3O. The maximum Gasteiger partial charge on any atom is 0.225 e. The molecule has 0 radical (unpaired) electrons. The minimum atomic E-state index is -0.0107. The van der Waals surface area contributed by atoms with E-state index in [1.54, 1.807) is 17.3 Å². The summed E-state index contributed by atoms with van der Waals surface area (Å²) in [4.78, 5) is 21.0. The van der Waals surface area contributed by atoms with Gasteiger partial charge < -0.3 is 0 Å². The van der Waals surface area contributed by atoms with E-state index in [2.05, 4.69) is 25.9 Å². The average molecular weight is 258 g/mol. The highest BCUT2D eigenvalue weighted by atomic mass is 79.9. The van der Waals surface area contributed by atoms with Crippen molar-refractivity contribution in [2.24, 2.45) is 0 Å². The Bertz CT molecular complexity index is 312. The fraction of sp³-hybridized carbons (Fsp3) is 0.444. The normalized spacial score (nSPS) is 9.93. The molecule has 0 bridgehead atoms. The maximum atomic E-state index is 11.3. The number of carbonyl (C=O) groups excluding carboxylic acids is 1. The largest absolute Gasteiger partial charge is 0.296 e. The molecule has 0 N–H and O–H groups in total. The molecule has 14 heavy (non-hydrogen) atoms. The Morgan fingerprint density at radius 1 is 1.50 bits per heavy atom. The van der Waals surface area contributed by atoms with Crippen molar-refractivity contribution in [3.05, 3.63) is 17.0 Å². The fourth-order valence-electron chi connectivity index (χ4n) is 1.10. The molecule has 5 heteroatoms. The Morgan fingerprint density at radius 3 is 2.64 bits per heavy atom. The summed E-state index contributed by atoms with van der Waals surface area (Å²) in [5, 5.41) is 0. The zero-order chi connectivity index (χ0) is 10.6. The fourth-order valence-corrected chi connectivity index (χ4v) is 1.31.